The molecule has 2 aromatic rings. The molecule has 6 heteroatoms. The molecular weight excluding hydrogens is 430 g/mol. The number of carbonyl (C=O) groups is 2. The number of hydrogen-bond donors (Lipinski definition) is 0. The molecule has 1 fully saturated rings. The monoisotopic (exact) mass is 461 g/mol. The number of fused-ring (bicyclic) bond motifs is 1. The third-order valence-electron chi connectivity index (χ3n) is 7.42. The van der Waals surface area contributed by atoms with Crippen LogP contribution in [-0.4, -0.2) is 43.5 Å². The summed E-state index contributed by atoms with van der Waals surface area (Å²) in [4.78, 5) is 29.2. The molecule has 0 radical (unpaired) electrons. The molecule has 0 aromatic heterocycles. The van der Waals surface area contributed by atoms with E-state index in [9.17, 15) is 9.59 Å². The molecule has 4 unspecified atom stereocenters. The van der Waals surface area contributed by atoms with Gasteiger partial charge >= 0.3 is 0 Å². The van der Waals surface area contributed by atoms with Gasteiger partial charge in [-0.2, -0.15) is 0 Å². The van der Waals surface area contributed by atoms with E-state index < -0.39 is 6.04 Å². The van der Waals surface area contributed by atoms with Gasteiger partial charge in [-0.3, -0.25) is 9.59 Å². The molecule has 178 valence electrons. The van der Waals surface area contributed by atoms with Gasteiger partial charge in [0, 0.05) is 6.54 Å². The molecule has 1 saturated carbocycles. The zero-order valence-electron chi connectivity index (χ0n) is 20.0. The Morgan fingerprint density at radius 2 is 1.76 bits per heavy atom. The number of carbonyl (C=O) groups excluding carboxylic acids is 2. The van der Waals surface area contributed by atoms with Gasteiger partial charge in [0.2, 0.25) is 0 Å². The van der Waals surface area contributed by atoms with Crippen LogP contribution in [0.25, 0.3) is 0 Å². The Kier molecular flexibility index (Phi) is 6.07. The molecule has 2 aliphatic heterocycles. The quantitative estimate of drug-likeness (QED) is 0.634. The first-order valence-electron chi connectivity index (χ1n) is 12.0. The maximum absolute atomic E-state index is 13.8. The lowest BCUT2D eigenvalue weighted by atomic mass is 9.74. The van der Waals surface area contributed by atoms with E-state index in [1.165, 1.54) is 0 Å². The van der Waals surface area contributed by atoms with E-state index in [-0.39, 0.29) is 29.5 Å². The van der Waals surface area contributed by atoms with E-state index in [1.54, 1.807) is 19.1 Å². The lowest BCUT2D eigenvalue weighted by molar-refractivity contribution is -0.136. The number of benzene rings is 2. The summed E-state index contributed by atoms with van der Waals surface area (Å²) in [6.45, 7) is 2.66. The third-order valence-corrected chi connectivity index (χ3v) is 7.42. The second-order valence-corrected chi connectivity index (χ2v) is 9.56. The summed E-state index contributed by atoms with van der Waals surface area (Å²) < 4.78 is 17.0. The molecule has 2 heterocycles. The molecule has 1 amide bonds. The first kappa shape index (κ1) is 22.5. The van der Waals surface area contributed by atoms with Gasteiger partial charge in [0.1, 0.15) is 17.6 Å². The van der Waals surface area contributed by atoms with Crippen molar-refractivity contribution in [3.05, 3.63) is 71.0 Å². The van der Waals surface area contributed by atoms with Crippen molar-refractivity contribution in [1.82, 2.24) is 4.90 Å². The number of ether oxygens (including phenoxy) is 3. The van der Waals surface area contributed by atoms with E-state index in [4.69, 9.17) is 14.2 Å². The molecule has 5 rings (SSSR count). The van der Waals surface area contributed by atoms with E-state index >= 15 is 0 Å². The van der Waals surface area contributed by atoms with E-state index in [0.29, 0.717) is 30.2 Å². The van der Waals surface area contributed by atoms with Gasteiger partial charge in [0.05, 0.1) is 31.8 Å². The van der Waals surface area contributed by atoms with Gasteiger partial charge in [-0.05, 0) is 67.0 Å². The maximum atomic E-state index is 13.8. The fraction of sp³-hybridized carbons (Fsp3) is 0.429. The number of Topliss-reactive ketones (excluding diaryl/α,β-unsaturated/α-hetero) is 1. The smallest absolute Gasteiger partial charge is 0.290 e. The topological polar surface area (TPSA) is 65.1 Å². The predicted molar refractivity (Wildman–Crippen MR) is 128 cm³/mol. The molecule has 6 nitrogen and oxygen atoms in total. The van der Waals surface area contributed by atoms with Crippen molar-refractivity contribution in [2.45, 2.75) is 44.8 Å². The highest BCUT2D eigenvalue weighted by Crippen LogP contribution is 2.47. The molecule has 34 heavy (non-hydrogen) atoms. The molecule has 4 atom stereocenters. The maximum Gasteiger partial charge on any atom is 0.290 e. The van der Waals surface area contributed by atoms with E-state index in [2.05, 4.69) is 6.92 Å². The van der Waals surface area contributed by atoms with Crippen LogP contribution in [0.1, 0.15) is 43.4 Å². The van der Waals surface area contributed by atoms with Crippen LogP contribution in [0.15, 0.2) is 59.9 Å². The lowest BCUT2D eigenvalue weighted by Gasteiger charge is -2.37. The Balaban J connectivity index is 1.49. The Morgan fingerprint density at radius 1 is 1.00 bits per heavy atom. The van der Waals surface area contributed by atoms with Crippen molar-refractivity contribution >= 4 is 11.7 Å². The van der Waals surface area contributed by atoms with E-state index in [1.807, 2.05) is 48.5 Å². The molecule has 0 spiro atoms. The predicted octanol–water partition coefficient (Wildman–Crippen LogP) is 4.49. The van der Waals surface area contributed by atoms with Crippen LogP contribution in [0.3, 0.4) is 0 Å². The fourth-order valence-corrected chi connectivity index (χ4v) is 5.56. The number of ketones is 1. The Hall–Kier alpha value is -3.28. The Bertz CT molecular complexity index is 1120. The van der Waals surface area contributed by atoms with Crippen LogP contribution < -0.4 is 9.47 Å². The molecule has 3 aliphatic rings. The minimum absolute atomic E-state index is 0.0749. The second-order valence-electron chi connectivity index (χ2n) is 9.56. The van der Waals surface area contributed by atoms with Gasteiger partial charge in [0.25, 0.3) is 5.91 Å². The van der Waals surface area contributed by atoms with Crippen molar-refractivity contribution < 1.29 is 23.8 Å². The van der Waals surface area contributed by atoms with Gasteiger partial charge in [-0.25, -0.2) is 0 Å². The van der Waals surface area contributed by atoms with Crippen LogP contribution in [-0.2, 0) is 20.7 Å². The highest BCUT2D eigenvalue weighted by atomic mass is 16.5. The summed E-state index contributed by atoms with van der Waals surface area (Å²) in [5, 5.41) is 0. The van der Waals surface area contributed by atoms with Gasteiger partial charge in [0.15, 0.2) is 11.5 Å². The lowest BCUT2D eigenvalue weighted by Crippen LogP contribution is -2.41. The molecule has 0 bridgehead atoms. The Morgan fingerprint density at radius 3 is 2.50 bits per heavy atom. The summed E-state index contributed by atoms with van der Waals surface area (Å²) >= 11 is 0. The summed E-state index contributed by atoms with van der Waals surface area (Å²) in [6, 6.07) is 15.0. The largest absolute Gasteiger partial charge is 0.497 e. The fourth-order valence-electron chi connectivity index (χ4n) is 5.56. The number of methoxy groups -OCH3 is 2. The average molecular weight is 462 g/mol. The van der Waals surface area contributed by atoms with Crippen LogP contribution >= 0.6 is 0 Å². The molecule has 2 aromatic carbocycles. The third kappa shape index (κ3) is 3.95. The second kappa shape index (κ2) is 9.16. The highest BCUT2D eigenvalue weighted by Gasteiger charge is 2.52. The standard InChI is InChI=1S/C28H31NO5/c1-17-7-12-23-22(15-17)26(30)24-25(19-5-4-6-21(16-19)33-3)29(28(31)27(24)34-23)14-13-18-8-10-20(32-2)11-9-18/h4-6,8-11,16-17,22-23,25H,7,12-15H2,1-3H3. The molecule has 0 N–H and O–H groups in total. The SMILES string of the molecule is COc1ccc(CCN2C(=O)C3=C(C(=O)C4CC(C)CCC4O3)C2c2cccc(OC)c2)cc1. The van der Waals surface area contributed by atoms with Crippen molar-refractivity contribution in [2.24, 2.45) is 11.8 Å². The van der Waals surface area contributed by atoms with Crippen molar-refractivity contribution in [1.29, 1.82) is 0 Å². The van der Waals surface area contributed by atoms with Crippen LogP contribution in [0, 0.1) is 11.8 Å². The molecule has 0 saturated heterocycles. The number of amides is 1. The van der Waals surface area contributed by atoms with E-state index in [0.717, 1.165) is 36.1 Å². The van der Waals surface area contributed by atoms with Crippen LogP contribution in [0.2, 0.25) is 0 Å². The van der Waals surface area contributed by atoms with Crippen LogP contribution in [0.4, 0.5) is 0 Å². The summed E-state index contributed by atoms with van der Waals surface area (Å²) in [7, 11) is 3.26. The number of hydrogen-bond acceptors (Lipinski definition) is 5. The first-order valence-corrected chi connectivity index (χ1v) is 12.0. The minimum Gasteiger partial charge on any atom is -0.497 e. The van der Waals surface area contributed by atoms with Gasteiger partial charge in [-0.1, -0.05) is 31.2 Å². The van der Waals surface area contributed by atoms with Crippen molar-refractivity contribution in [2.75, 3.05) is 20.8 Å². The average Bonchev–Trinajstić information content (AvgIpc) is 3.15. The zero-order valence-corrected chi connectivity index (χ0v) is 20.0. The van der Waals surface area contributed by atoms with Gasteiger partial charge < -0.3 is 19.1 Å². The molecular formula is C28H31NO5. The summed E-state index contributed by atoms with van der Waals surface area (Å²) in [5.74, 6) is 1.93. The molecule has 1 aliphatic carbocycles. The normalized spacial score (nSPS) is 26.1. The van der Waals surface area contributed by atoms with Crippen LogP contribution in [0.5, 0.6) is 11.5 Å². The van der Waals surface area contributed by atoms with Crippen molar-refractivity contribution in [3.8, 4) is 11.5 Å². The summed E-state index contributed by atoms with van der Waals surface area (Å²) in [6.07, 6.45) is 3.11. The Labute approximate surface area is 200 Å². The minimum atomic E-state index is -0.471. The first-order chi connectivity index (χ1) is 16.5. The van der Waals surface area contributed by atoms with Gasteiger partial charge in [-0.15, -0.1) is 0 Å². The number of nitrogens with zero attached hydrogens (tertiary/aromatic N) is 1. The van der Waals surface area contributed by atoms with Crippen molar-refractivity contribution in [3.63, 3.8) is 0 Å². The number of rotatable bonds is 6. The highest BCUT2D eigenvalue weighted by molar-refractivity contribution is 6.11. The summed E-state index contributed by atoms with van der Waals surface area (Å²) in [5.41, 5.74) is 2.48. The zero-order chi connectivity index (χ0) is 23.8.